The minimum Gasteiger partial charge on any atom is -0.509 e. The van der Waals surface area contributed by atoms with Gasteiger partial charge in [-0.2, -0.15) is 0 Å². The summed E-state index contributed by atoms with van der Waals surface area (Å²) in [5, 5.41) is 36.5. The number of β-lactam (4-membered cyclic amide) rings is 1. The van der Waals surface area contributed by atoms with E-state index in [-0.39, 0.29) is 36.0 Å². The molecule has 3 aromatic carbocycles. The number of amides is 3. The molecule has 0 radical (unpaired) electrons. The van der Waals surface area contributed by atoms with Crippen LogP contribution in [-0.2, 0) is 37.1 Å². The average molecular weight is 664 g/mol. The van der Waals surface area contributed by atoms with E-state index in [1.165, 1.54) is 48.5 Å². The topological polar surface area (TPSA) is 221 Å². The standard InChI is InChI=1S/C30H25N5O11S/c36-22-16-47-28-24(27(38)33(28)25(22)29(39)45-14-17-6-10-20(11-7-17)34(41)42)31-26(37)23(19-4-2-1-3-5-19)32-30(40)46-15-18-8-12-21(13-9-18)35(43)44/h1-13,23-24,28,36H,14-16H2,(H,31,37)(H,32,40)/t23?,24?,28-/m0/s1. The first-order chi connectivity index (χ1) is 22.5. The lowest BCUT2D eigenvalue weighted by Crippen LogP contribution is -2.71. The van der Waals surface area contributed by atoms with E-state index in [1.807, 2.05) is 0 Å². The largest absolute Gasteiger partial charge is 0.509 e. The number of nitro benzene ring substituents is 2. The fraction of sp³-hybridized carbons (Fsp3) is 0.200. The lowest BCUT2D eigenvalue weighted by molar-refractivity contribution is -0.385. The normalized spacial score (nSPS) is 17.4. The van der Waals surface area contributed by atoms with Gasteiger partial charge >= 0.3 is 12.1 Å². The maximum Gasteiger partial charge on any atom is 0.408 e. The lowest BCUT2D eigenvalue weighted by Gasteiger charge is -2.49. The Kier molecular flexibility index (Phi) is 9.65. The summed E-state index contributed by atoms with van der Waals surface area (Å²) < 4.78 is 10.5. The number of carbonyl (C=O) groups excluding carboxylic acids is 4. The summed E-state index contributed by atoms with van der Waals surface area (Å²) in [5.74, 6) is -2.89. The molecule has 47 heavy (non-hydrogen) atoms. The number of nitrogens with zero attached hydrogens (tertiary/aromatic N) is 3. The Morgan fingerprint density at radius 1 is 0.894 bits per heavy atom. The Labute approximate surface area is 269 Å². The molecule has 0 bridgehead atoms. The molecular weight excluding hydrogens is 638 g/mol. The van der Waals surface area contributed by atoms with Crippen molar-refractivity contribution in [3.8, 4) is 0 Å². The number of hydrogen-bond acceptors (Lipinski definition) is 12. The minimum absolute atomic E-state index is 0.0574. The summed E-state index contributed by atoms with van der Waals surface area (Å²) in [6.45, 7) is -0.515. The number of non-ortho nitro benzene ring substituents is 2. The number of aliphatic hydroxyl groups is 1. The van der Waals surface area contributed by atoms with Crippen LogP contribution in [0.15, 0.2) is 90.3 Å². The maximum atomic E-state index is 13.5. The number of alkyl carbamates (subject to hydrolysis) is 1. The molecule has 16 nitrogen and oxygen atoms in total. The highest BCUT2D eigenvalue weighted by molar-refractivity contribution is 8.00. The van der Waals surface area contributed by atoms with Gasteiger partial charge in [-0.05, 0) is 41.0 Å². The molecule has 1 fully saturated rings. The molecule has 3 aromatic rings. The van der Waals surface area contributed by atoms with Gasteiger partial charge in [0.2, 0.25) is 5.91 Å². The van der Waals surface area contributed by atoms with Gasteiger partial charge in [-0.25, -0.2) is 9.59 Å². The highest BCUT2D eigenvalue weighted by Crippen LogP contribution is 2.40. The monoisotopic (exact) mass is 663 g/mol. The van der Waals surface area contributed by atoms with Gasteiger partial charge in [-0.15, -0.1) is 11.8 Å². The van der Waals surface area contributed by atoms with Crippen molar-refractivity contribution in [2.24, 2.45) is 0 Å². The third-order valence-corrected chi connectivity index (χ3v) is 8.40. The Balaban J connectivity index is 1.21. The van der Waals surface area contributed by atoms with Crippen molar-refractivity contribution >= 4 is 47.0 Å². The van der Waals surface area contributed by atoms with Gasteiger partial charge in [0.05, 0.1) is 15.6 Å². The Morgan fingerprint density at radius 3 is 2.00 bits per heavy atom. The molecule has 3 N–H and O–H groups in total. The number of thioether (sulfide) groups is 1. The predicted molar refractivity (Wildman–Crippen MR) is 163 cm³/mol. The van der Waals surface area contributed by atoms with Crippen molar-refractivity contribution < 1.29 is 43.6 Å². The van der Waals surface area contributed by atoms with Crippen molar-refractivity contribution in [3.63, 3.8) is 0 Å². The summed E-state index contributed by atoms with van der Waals surface area (Å²) in [4.78, 5) is 73.9. The average Bonchev–Trinajstić information content (AvgIpc) is 3.08. The zero-order valence-corrected chi connectivity index (χ0v) is 25.0. The van der Waals surface area contributed by atoms with Crippen LogP contribution in [0.5, 0.6) is 0 Å². The number of esters is 1. The van der Waals surface area contributed by atoms with Gasteiger partial charge in [0, 0.05) is 24.3 Å². The number of aliphatic hydroxyl groups excluding tert-OH is 1. The van der Waals surface area contributed by atoms with Crippen LogP contribution in [0.1, 0.15) is 22.7 Å². The Hall–Kier alpha value is -5.97. The minimum atomic E-state index is -1.29. The second-order valence-electron chi connectivity index (χ2n) is 10.2. The number of nitro groups is 2. The summed E-state index contributed by atoms with van der Waals surface area (Å²) in [6, 6.07) is 16.5. The van der Waals surface area contributed by atoms with Crippen molar-refractivity contribution in [1.29, 1.82) is 0 Å². The molecule has 3 amide bonds. The summed E-state index contributed by atoms with van der Waals surface area (Å²) in [6.07, 6.45) is -0.966. The van der Waals surface area contributed by atoms with E-state index in [1.54, 1.807) is 30.3 Å². The van der Waals surface area contributed by atoms with E-state index >= 15 is 0 Å². The molecule has 2 aliphatic heterocycles. The van der Waals surface area contributed by atoms with E-state index in [2.05, 4.69) is 10.6 Å². The van der Waals surface area contributed by atoms with Crippen molar-refractivity contribution in [1.82, 2.24) is 15.5 Å². The number of nitrogens with one attached hydrogen (secondary N) is 2. The number of carbonyl (C=O) groups is 4. The first-order valence-electron chi connectivity index (χ1n) is 13.8. The van der Waals surface area contributed by atoms with E-state index in [9.17, 15) is 44.5 Å². The van der Waals surface area contributed by atoms with E-state index in [0.717, 1.165) is 16.7 Å². The first kappa shape index (κ1) is 32.4. The highest BCUT2D eigenvalue weighted by Gasteiger charge is 2.55. The molecule has 2 unspecified atom stereocenters. The van der Waals surface area contributed by atoms with E-state index in [0.29, 0.717) is 16.7 Å². The quantitative estimate of drug-likeness (QED) is 0.116. The van der Waals surface area contributed by atoms with Crippen molar-refractivity contribution in [3.05, 3.63) is 127 Å². The molecule has 1 saturated heterocycles. The molecule has 0 saturated carbocycles. The van der Waals surface area contributed by atoms with Crippen LogP contribution in [-0.4, -0.2) is 60.9 Å². The van der Waals surface area contributed by atoms with Crippen LogP contribution in [0.25, 0.3) is 0 Å². The Morgan fingerprint density at radius 2 is 1.45 bits per heavy atom. The third kappa shape index (κ3) is 7.30. The fourth-order valence-corrected chi connectivity index (χ4v) is 5.93. The maximum absolute atomic E-state index is 13.5. The lowest BCUT2D eigenvalue weighted by atomic mass is 10.0. The van der Waals surface area contributed by atoms with Crippen molar-refractivity contribution in [2.45, 2.75) is 30.7 Å². The van der Waals surface area contributed by atoms with Gasteiger partial charge in [-0.3, -0.25) is 34.7 Å². The summed E-state index contributed by atoms with van der Waals surface area (Å²) in [5.41, 5.74) is 0.645. The SMILES string of the molecule is O=C(NC(C(=O)NC1C(=O)N2C(C(=O)OCc3ccc([N+](=O)[O-])cc3)=C(O)CS[C@@H]12)c1ccccc1)OCc1ccc([N+](=O)[O-])cc1. The molecule has 0 aliphatic carbocycles. The molecule has 5 rings (SSSR count). The van der Waals surface area contributed by atoms with Crippen LogP contribution >= 0.6 is 11.8 Å². The number of ether oxygens (including phenoxy) is 2. The first-order valence-corrected chi connectivity index (χ1v) is 14.9. The summed E-state index contributed by atoms with van der Waals surface area (Å²) in [7, 11) is 0. The van der Waals surface area contributed by atoms with Crippen LogP contribution in [0.3, 0.4) is 0 Å². The van der Waals surface area contributed by atoms with Gasteiger partial charge in [0.25, 0.3) is 17.3 Å². The molecule has 0 aromatic heterocycles. The molecule has 0 spiro atoms. The smallest absolute Gasteiger partial charge is 0.408 e. The highest BCUT2D eigenvalue weighted by atomic mass is 32.2. The zero-order chi connectivity index (χ0) is 33.7. The van der Waals surface area contributed by atoms with Gasteiger partial charge in [0.15, 0.2) is 5.70 Å². The zero-order valence-electron chi connectivity index (χ0n) is 24.1. The number of fused-ring (bicyclic) bond motifs is 1. The third-order valence-electron chi connectivity index (χ3n) is 7.13. The predicted octanol–water partition coefficient (Wildman–Crippen LogP) is 3.38. The van der Waals surface area contributed by atoms with Gasteiger partial charge in [0.1, 0.15) is 36.4 Å². The molecule has 17 heteroatoms. The van der Waals surface area contributed by atoms with Crippen LogP contribution in [0, 0.1) is 20.2 Å². The summed E-state index contributed by atoms with van der Waals surface area (Å²) >= 11 is 1.10. The number of hydrogen-bond donors (Lipinski definition) is 3. The van der Waals surface area contributed by atoms with E-state index < -0.39 is 56.9 Å². The molecular formula is C30H25N5O11S. The van der Waals surface area contributed by atoms with E-state index in [4.69, 9.17) is 9.47 Å². The second kappa shape index (κ2) is 14.0. The molecule has 2 aliphatic rings. The number of benzene rings is 3. The second-order valence-corrected chi connectivity index (χ2v) is 11.3. The molecule has 3 atom stereocenters. The molecule has 2 heterocycles. The van der Waals surface area contributed by atoms with Crippen LogP contribution in [0.2, 0.25) is 0 Å². The van der Waals surface area contributed by atoms with Crippen LogP contribution in [0.4, 0.5) is 16.2 Å². The number of rotatable bonds is 11. The van der Waals surface area contributed by atoms with Crippen LogP contribution < -0.4 is 10.6 Å². The van der Waals surface area contributed by atoms with Gasteiger partial charge < -0.3 is 25.2 Å². The molecule has 242 valence electrons. The van der Waals surface area contributed by atoms with Gasteiger partial charge in [-0.1, -0.05) is 30.3 Å². The van der Waals surface area contributed by atoms with Crippen molar-refractivity contribution in [2.75, 3.05) is 5.75 Å². The Bertz CT molecular complexity index is 1750. The fourth-order valence-electron chi connectivity index (χ4n) is 4.73.